The Morgan fingerprint density at radius 1 is 0.882 bits per heavy atom. The molecule has 0 saturated heterocycles. The molecule has 0 amide bonds. The standard InChI is InChI=1S/C13H9Cl3O/c1-17-11-5-8(4-10(15)6-11)12-3-2-9(14)7-13(12)16/h2-7H,1H3. The summed E-state index contributed by atoms with van der Waals surface area (Å²) in [5.74, 6) is 0.693. The van der Waals surface area contributed by atoms with Crippen molar-refractivity contribution in [3.05, 3.63) is 51.5 Å². The van der Waals surface area contributed by atoms with Crippen molar-refractivity contribution in [3.63, 3.8) is 0 Å². The molecule has 0 aliphatic heterocycles. The Hall–Kier alpha value is -0.890. The topological polar surface area (TPSA) is 9.23 Å². The van der Waals surface area contributed by atoms with Gasteiger partial charge in [0.25, 0.3) is 0 Å². The average molecular weight is 288 g/mol. The summed E-state index contributed by atoms with van der Waals surface area (Å²) in [5.41, 5.74) is 1.77. The van der Waals surface area contributed by atoms with E-state index in [-0.39, 0.29) is 0 Å². The van der Waals surface area contributed by atoms with Crippen LogP contribution in [0, 0.1) is 0 Å². The molecule has 0 fully saturated rings. The van der Waals surface area contributed by atoms with Crippen molar-refractivity contribution in [2.24, 2.45) is 0 Å². The Morgan fingerprint density at radius 2 is 1.65 bits per heavy atom. The molecular formula is C13H9Cl3O. The molecule has 1 nitrogen and oxygen atoms in total. The van der Waals surface area contributed by atoms with Crippen molar-refractivity contribution < 1.29 is 4.74 Å². The van der Waals surface area contributed by atoms with E-state index in [9.17, 15) is 0 Å². The molecule has 0 aliphatic rings. The minimum Gasteiger partial charge on any atom is -0.497 e. The highest BCUT2D eigenvalue weighted by atomic mass is 35.5. The Kier molecular flexibility index (Phi) is 3.82. The van der Waals surface area contributed by atoms with E-state index in [2.05, 4.69) is 0 Å². The van der Waals surface area contributed by atoms with Gasteiger partial charge in [-0.05, 0) is 35.9 Å². The molecule has 0 aromatic heterocycles. The van der Waals surface area contributed by atoms with E-state index in [1.165, 1.54) is 0 Å². The van der Waals surface area contributed by atoms with Crippen molar-refractivity contribution in [1.82, 2.24) is 0 Å². The third-order valence-electron chi connectivity index (χ3n) is 2.35. The SMILES string of the molecule is COc1cc(Cl)cc(-c2ccc(Cl)cc2Cl)c1. The van der Waals surface area contributed by atoms with Gasteiger partial charge in [0.1, 0.15) is 5.75 Å². The minimum atomic E-state index is 0.585. The normalized spacial score (nSPS) is 10.4. The first-order chi connectivity index (χ1) is 8.10. The van der Waals surface area contributed by atoms with Gasteiger partial charge >= 0.3 is 0 Å². The van der Waals surface area contributed by atoms with Gasteiger partial charge in [-0.1, -0.05) is 40.9 Å². The maximum Gasteiger partial charge on any atom is 0.120 e. The Balaban J connectivity index is 2.55. The second-order valence-corrected chi connectivity index (χ2v) is 4.78. The fraction of sp³-hybridized carbons (Fsp3) is 0.0769. The van der Waals surface area contributed by atoms with Crippen LogP contribution in [0.1, 0.15) is 0 Å². The van der Waals surface area contributed by atoms with Crippen molar-refractivity contribution in [1.29, 1.82) is 0 Å². The predicted octanol–water partition coefficient (Wildman–Crippen LogP) is 5.32. The summed E-state index contributed by atoms with van der Waals surface area (Å²) in [5, 5.41) is 1.79. The Morgan fingerprint density at radius 3 is 2.29 bits per heavy atom. The van der Waals surface area contributed by atoms with Crippen LogP contribution in [0.25, 0.3) is 11.1 Å². The van der Waals surface area contributed by atoms with E-state index >= 15 is 0 Å². The third kappa shape index (κ3) is 2.86. The van der Waals surface area contributed by atoms with Crippen LogP contribution in [0.3, 0.4) is 0 Å². The lowest BCUT2D eigenvalue weighted by atomic mass is 10.1. The zero-order valence-corrected chi connectivity index (χ0v) is 11.3. The summed E-state index contributed by atoms with van der Waals surface area (Å²) in [6, 6.07) is 10.8. The quantitative estimate of drug-likeness (QED) is 0.726. The molecule has 0 heterocycles. The molecule has 0 saturated carbocycles. The maximum atomic E-state index is 6.14. The van der Waals surface area contributed by atoms with Gasteiger partial charge in [0.15, 0.2) is 0 Å². The summed E-state index contributed by atoms with van der Waals surface area (Å²) in [6.45, 7) is 0. The molecule has 2 rings (SSSR count). The third-order valence-corrected chi connectivity index (χ3v) is 3.12. The van der Waals surface area contributed by atoms with E-state index in [1.807, 2.05) is 18.2 Å². The minimum absolute atomic E-state index is 0.585. The molecule has 88 valence electrons. The van der Waals surface area contributed by atoms with Crippen LogP contribution in [0.4, 0.5) is 0 Å². The number of ether oxygens (including phenoxy) is 1. The summed E-state index contributed by atoms with van der Waals surface area (Å²) in [7, 11) is 1.60. The molecule has 2 aromatic rings. The Bertz CT molecular complexity index is 552. The van der Waals surface area contributed by atoms with E-state index in [1.54, 1.807) is 25.3 Å². The van der Waals surface area contributed by atoms with Gasteiger partial charge in [0.2, 0.25) is 0 Å². The first kappa shape index (κ1) is 12.6. The molecule has 2 aromatic carbocycles. The molecule has 0 atom stereocenters. The second-order valence-electron chi connectivity index (χ2n) is 3.50. The molecule has 17 heavy (non-hydrogen) atoms. The van der Waals surface area contributed by atoms with Crippen molar-refractivity contribution in [2.75, 3.05) is 7.11 Å². The molecule has 0 unspecified atom stereocenters. The highest BCUT2D eigenvalue weighted by molar-refractivity contribution is 6.36. The summed E-state index contributed by atoms with van der Waals surface area (Å²) in [6.07, 6.45) is 0. The lowest BCUT2D eigenvalue weighted by Gasteiger charge is -2.08. The lowest BCUT2D eigenvalue weighted by molar-refractivity contribution is 0.415. The summed E-state index contributed by atoms with van der Waals surface area (Å²) in [4.78, 5) is 0. The van der Waals surface area contributed by atoms with Gasteiger partial charge in [-0.2, -0.15) is 0 Å². The first-order valence-corrected chi connectivity index (χ1v) is 6.03. The summed E-state index contributed by atoms with van der Waals surface area (Å²) >= 11 is 18.0. The van der Waals surface area contributed by atoms with Gasteiger partial charge < -0.3 is 4.74 Å². The number of rotatable bonds is 2. The van der Waals surface area contributed by atoms with Gasteiger partial charge in [-0.15, -0.1) is 0 Å². The zero-order valence-electron chi connectivity index (χ0n) is 9.01. The first-order valence-electron chi connectivity index (χ1n) is 4.90. The molecule has 4 heteroatoms. The monoisotopic (exact) mass is 286 g/mol. The average Bonchev–Trinajstić information content (AvgIpc) is 2.28. The predicted molar refractivity (Wildman–Crippen MR) is 73.5 cm³/mol. The molecule has 0 spiro atoms. The lowest BCUT2D eigenvalue weighted by Crippen LogP contribution is -1.85. The van der Waals surface area contributed by atoms with Crippen molar-refractivity contribution in [2.45, 2.75) is 0 Å². The van der Waals surface area contributed by atoms with Crippen LogP contribution in [-0.2, 0) is 0 Å². The van der Waals surface area contributed by atoms with Crippen LogP contribution in [0.5, 0.6) is 5.75 Å². The van der Waals surface area contributed by atoms with E-state index in [4.69, 9.17) is 39.5 Å². The van der Waals surface area contributed by atoms with E-state index < -0.39 is 0 Å². The van der Waals surface area contributed by atoms with Crippen LogP contribution in [0.15, 0.2) is 36.4 Å². The van der Waals surface area contributed by atoms with Crippen LogP contribution < -0.4 is 4.74 Å². The van der Waals surface area contributed by atoms with Crippen LogP contribution in [-0.4, -0.2) is 7.11 Å². The molecule has 0 radical (unpaired) electrons. The smallest absolute Gasteiger partial charge is 0.120 e. The van der Waals surface area contributed by atoms with E-state index in [0.29, 0.717) is 20.8 Å². The fourth-order valence-electron chi connectivity index (χ4n) is 1.56. The number of methoxy groups -OCH3 is 1. The van der Waals surface area contributed by atoms with E-state index in [0.717, 1.165) is 11.1 Å². The van der Waals surface area contributed by atoms with Crippen LogP contribution >= 0.6 is 34.8 Å². The van der Waals surface area contributed by atoms with Crippen molar-refractivity contribution in [3.8, 4) is 16.9 Å². The molecule has 0 bridgehead atoms. The number of halogens is 3. The zero-order chi connectivity index (χ0) is 12.4. The second kappa shape index (κ2) is 5.18. The summed E-state index contributed by atoms with van der Waals surface area (Å²) < 4.78 is 5.17. The number of hydrogen-bond donors (Lipinski definition) is 0. The molecular weight excluding hydrogens is 279 g/mol. The van der Waals surface area contributed by atoms with Crippen molar-refractivity contribution >= 4 is 34.8 Å². The van der Waals surface area contributed by atoms with Gasteiger partial charge in [0.05, 0.1) is 7.11 Å². The van der Waals surface area contributed by atoms with Gasteiger partial charge in [-0.25, -0.2) is 0 Å². The highest BCUT2D eigenvalue weighted by Gasteiger charge is 2.07. The number of hydrogen-bond acceptors (Lipinski definition) is 1. The largest absolute Gasteiger partial charge is 0.497 e. The van der Waals surface area contributed by atoms with Gasteiger partial charge in [-0.3, -0.25) is 0 Å². The number of benzene rings is 2. The molecule has 0 N–H and O–H groups in total. The molecule has 0 aliphatic carbocycles. The van der Waals surface area contributed by atoms with Crippen LogP contribution in [0.2, 0.25) is 15.1 Å². The Labute approximate surface area is 115 Å². The fourth-order valence-corrected chi connectivity index (χ4v) is 2.30. The maximum absolute atomic E-state index is 6.14. The van der Waals surface area contributed by atoms with Gasteiger partial charge in [0, 0.05) is 20.6 Å². The highest BCUT2D eigenvalue weighted by Crippen LogP contribution is 2.34.